The highest BCUT2D eigenvalue weighted by Crippen LogP contribution is 2.29. The van der Waals surface area contributed by atoms with Crippen LogP contribution in [0.5, 0.6) is 0 Å². The number of nitrogens with one attached hydrogen (secondary N) is 1. The lowest BCUT2D eigenvalue weighted by molar-refractivity contribution is -0.137. The standard InChI is InChI=1S/C20H18F3N3O2/c1-13-2-8-17(9-3-13)26-12-15(10-18(26)27)19(28)25-24-11-14-4-6-16(7-5-14)20(21,22)23/h2-9,11,15H,10,12H2,1H3,(H,25,28)/b24-11+/t15-/m0/s1. The molecule has 0 saturated carbocycles. The van der Waals surface area contributed by atoms with Gasteiger partial charge in [-0.1, -0.05) is 29.8 Å². The van der Waals surface area contributed by atoms with E-state index in [0.717, 1.165) is 23.4 Å². The van der Waals surface area contributed by atoms with Crippen LogP contribution in [0.15, 0.2) is 53.6 Å². The molecule has 1 heterocycles. The maximum atomic E-state index is 12.5. The summed E-state index contributed by atoms with van der Waals surface area (Å²) in [4.78, 5) is 26.0. The van der Waals surface area contributed by atoms with Crippen molar-refractivity contribution in [2.45, 2.75) is 19.5 Å². The summed E-state index contributed by atoms with van der Waals surface area (Å²) in [5, 5.41) is 3.78. The Morgan fingerprint density at radius 2 is 1.79 bits per heavy atom. The van der Waals surface area contributed by atoms with Crippen LogP contribution in [0.4, 0.5) is 18.9 Å². The summed E-state index contributed by atoms with van der Waals surface area (Å²) in [6.07, 6.45) is -3.07. The minimum atomic E-state index is -4.40. The number of anilines is 1. The Labute approximate surface area is 159 Å². The maximum absolute atomic E-state index is 12.5. The fourth-order valence-corrected chi connectivity index (χ4v) is 2.88. The summed E-state index contributed by atoms with van der Waals surface area (Å²) < 4.78 is 37.6. The van der Waals surface area contributed by atoms with Crippen molar-refractivity contribution in [3.63, 3.8) is 0 Å². The SMILES string of the molecule is Cc1ccc(N2C[C@@H](C(=O)N/N=C/c3ccc(C(F)(F)F)cc3)CC2=O)cc1. The van der Waals surface area contributed by atoms with Crippen molar-refractivity contribution in [1.82, 2.24) is 5.43 Å². The van der Waals surface area contributed by atoms with Crippen molar-refractivity contribution in [2.24, 2.45) is 11.0 Å². The Morgan fingerprint density at radius 1 is 1.14 bits per heavy atom. The molecule has 2 aromatic carbocycles. The number of hydrogen-bond donors (Lipinski definition) is 1. The van der Waals surface area contributed by atoms with Gasteiger partial charge in [-0.3, -0.25) is 9.59 Å². The molecule has 1 aliphatic rings. The predicted octanol–water partition coefficient (Wildman–Crippen LogP) is 3.52. The molecular weight excluding hydrogens is 371 g/mol. The lowest BCUT2D eigenvalue weighted by Crippen LogP contribution is -2.30. The van der Waals surface area contributed by atoms with Gasteiger partial charge in [0.25, 0.3) is 0 Å². The van der Waals surface area contributed by atoms with Gasteiger partial charge in [0, 0.05) is 18.7 Å². The van der Waals surface area contributed by atoms with Crippen LogP contribution in [-0.4, -0.2) is 24.6 Å². The normalized spacial score (nSPS) is 17.4. The molecule has 1 saturated heterocycles. The molecule has 1 aliphatic heterocycles. The van der Waals surface area contributed by atoms with E-state index in [2.05, 4.69) is 10.5 Å². The minimum Gasteiger partial charge on any atom is -0.312 e. The summed E-state index contributed by atoms with van der Waals surface area (Å²) in [6, 6.07) is 11.9. The molecule has 0 aliphatic carbocycles. The third-order valence-electron chi connectivity index (χ3n) is 4.47. The molecule has 1 atom stereocenters. The van der Waals surface area contributed by atoms with Crippen LogP contribution in [0.3, 0.4) is 0 Å². The summed E-state index contributed by atoms with van der Waals surface area (Å²) in [5.41, 5.74) is 3.81. The molecule has 146 valence electrons. The quantitative estimate of drug-likeness (QED) is 0.643. The molecule has 3 rings (SSSR count). The number of benzene rings is 2. The van der Waals surface area contributed by atoms with Crippen LogP contribution in [0.25, 0.3) is 0 Å². The van der Waals surface area contributed by atoms with Crippen LogP contribution in [-0.2, 0) is 15.8 Å². The van der Waals surface area contributed by atoms with E-state index in [9.17, 15) is 22.8 Å². The van der Waals surface area contributed by atoms with E-state index in [1.54, 1.807) is 4.90 Å². The molecule has 8 heteroatoms. The van der Waals surface area contributed by atoms with Crippen molar-refractivity contribution in [3.05, 3.63) is 65.2 Å². The number of rotatable bonds is 4. The summed E-state index contributed by atoms with van der Waals surface area (Å²) in [5.74, 6) is -1.10. The average Bonchev–Trinajstić information content (AvgIpc) is 3.04. The van der Waals surface area contributed by atoms with Crippen LogP contribution in [0.1, 0.15) is 23.1 Å². The van der Waals surface area contributed by atoms with Crippen LogP contribution < -0.4 is 10.3 Å². The highest BCUT2D eigenvalue weighted by atomic mass is 19.4. The minimum absolute atomic E-state index is 0.0789. The fraction of sp³-hybridized carbons (Fsp3) is 0.250. The van der Waals surface area contributed by atoms with Crippen molar-refractivity contribution in [3.8, 4) is 0 Å². The van der Waals surface area contributed by atoms with Gasteiger partial charge >= 0.3 is 6.18 Å². The van der Waals surface area contributed by atoms with E-state index >= 15 is 0 Å². The van der Waals surface area contributed by atoms with E-state index in [0.29, 0.717) is 5.56 Å². The van der Waals surface area contributed by atoms with Gasteiger partial charge in [-0.05, 0) is 36.8 Å². The lowest BCUT2D eigenvalue weighted by Gasteiger charge is -2.16. The van der Waals surface area contributed by atoms with Gasteiger partial charge in [0.2, 0.25) is 11.8 Å². The van der Waals surface area contributed by atoms with Gasteiger partial charge in [0.1, 0.15) is 0 Å². The molecule has 1 N–H and O–H groups in total. The molecule has 0 spiro atoms. The number of alkyl halides is 3. The predicted molar refractivity (Wildman–Crippen MR) is 98.8 cm³/mol. The van der Waals surface area contributed by atoms with Gasteiger partial charge in [0.15, 0.2) is 0 Å². The van der Waals surface area contributed by atoms with Gasteiger partial charge in [-0.25, -0.2) is 5.43 Å². The number of hydrogen-bond acceptors (Lipinski definition) is 3. The molecule has 2 aromatic rings. The number of carbonyl (C=O) groups is 2. The largest absolute Gasteiger partial charge is 0.416 e. The maximum Gasteiger partial charge on any atom is 0.416 e. The molecule has 2 amide bonds. The van der Waals surface area contributed by atoms with Crippen molar-refractivity contribution in [2.75, 3.05) is 11.4 Å². The number of nitrogens with zero attached hydrogens (tertiary/aromatic N) is 2. The van der Waals surface area contributed by atoms with Gasteiger partial charge in [0.05, 0.1) is 17.7 Å². The smallest absolute Gasteiger partial charge is 0.312 e. The Morgan fingerprint density at radius 3 is 2.39 bits per heavy atom. The average molecular weight is 389 g/mol. The monoisotopic (exact) mass is 389 g/mol. The summed E-state index contributed by atoms with van der Waals surface area (Å²) in [7, 11) is 0. The highest BCUT2D eigenvalue weighted by Gasteiger charge is 2.35. The van der Waals surface area contributed by atoms with E-state index in [1.807, 2.05) is 31.2 Å². The first-order valence-corrected chi connectivity index (χ1v) is 8.61. The van der Waals surface area contributed by atoms with Crippen LogP contribution >= 0.6 is 0 Å². The third kappa shape index (κ3) is 4.57. The third-order valence-corrected chi connectivity index (χ3v) is 4.47. The Hall–Kier alpha value is -3.16. The number of carbonyl (C=O) groups excluding carboxylic acids is 2. The molecule has 0 bridgehead atoms. The zero-order valence-electron chi connectivity index (χ0n) is 15.0. The molecule has 0 unspecified atom stereocenters. The fourth-order valence-electron chi connectivity index (χ4n) is 2.88. The Bertz CT molecular complexity index is 890. The number of aryl methyl sites for hydroxylation is 1. The van der Waals surface area contributed by atoms with Gasteiger partial charge in [-0.2, -0.15) is 18.3 Å². The lowest BCUT2D eigenvalue weighted by atomic mass is 10.1. The van der Waals surface area contributed by atoms with Crippen LogP contribution in [0, 0.1) is 12.8 Å². The van der Waals surface area contributed by atoms with Crippen molar-refractivity contribution >= 4 is 23.7 Å². The zero-order valence-corrected chi connectivity index (χ0v) is 15.0. The molecule has 0 radical (unpaired) electrons. The topological polar surface area (TPSA) is 61.8 Å². The first-order chi connectivity index (χ1) is 13.2. The molecule has 1 fully saturated rings. The molecule has 0 aromatic heterocycles. The van der Waals surface area contributed by atoms with Crippen molar-refractivity contribution < 1.29 is 22.8 Å². The van der Waals surface area contributed by atoms with Crippen molar-refractivity contribution in [1.29, 1.82) is 0 Å². The zero-order chi connectivity index (χ0) is 20.3. The Kier molecular flexibility index (Phi) is 5.48. The van der Waals surface area contributed by atoms with E-state index in [-0.39, 0.29) is 18.9 Å². The molecule has 28 heavy (non-hydrogen) atoms. The highest BCUT2D eigenvalue weighted by molar-refractivity contribution is 6.00. The first-order valence-electron chi connectivity index (χ1n) is 8.61. The van der Waals surface area contributed by atoms with Gasteiger partial charge < -0.3 is 4.90 Å². The second-order valence-corrected chi connectivity index (χ2v) is 6.59. The van der Waals surface area contributed by atoms with E-state index in [1.165, 1.54) is 18.3 Å². The number of halogens is 3. The second kappa shape index (κ2) is 7.84. The first kappa shape index (κ1) is 19.6. The molecule has 5 nitrogen and oxygen atoms in total. The Balaban J connectivity index is 1.57. The van der Waals surface area contributed by atoms with Gasteiger partial charge in [-0.15, -0.1) is 0 Å². The number of amides is 2. The van der Waals surface area contributed by atoms with Crippen LogP contribution in [0.2, 0.25) is 0 Å². The van der Waals surface area contributed by atoms with E-state index in [4.69, 9.17) is 0 Å². The second-order valence-electron chi connectivity index (χ2n) is 6.59. The number of hydrazone groups is 1. The summed E-state index contributed by atoms with van der Waals surface area (Å²) in [6.45, 7) is 2.20. The summed E-state index contributed by atoms with van der Waals surface area (Å²) >= 11 is 0. The molecular formula is C20H18F3N3O2. The van der Waals surface area contributed by atoms with E-state index < -0.39 is 23.6 Å².